The van der Waals surface area contributed by atoms with E-state index in [4.69, 9.17) is 9.47 Å². The second kappa shape index (κ2) is 11.9. The highest BCUT2D eigenvalue weighted by Gasteiger charge is 2.66. The largest absolute Gasteiger partial charge is 0.482 e. The minimum Gasteiger partial charge on any atom is -0.482 e. The molecule has 10 nitrogen and oxygen atoms in total. The number of carbonyl (C=O) groups excluding carboxylic acids is 3. The molecule has 4 aliphatic heterocycles. The van der Waals surface area contributed by atoms with Crippen LogP contribution in [0.2, 0.25) is 18.6 Å². The Morgan fingerprint density at radius 1 is 1.02 bits per heavy atom. The fraction of sp³-hybridized carbons (Fsp3) is 0.417. The van der Waals surface area contributed by atoms with Crippen LogP contribution in [0.5, 0.6) is 5.75 Å². The Morgan fingerprint density at radius 2 is 1.77 bits per heavy atom. The molecule has 4 aliphatic rings. The van der Waals surface area contributed by atoms with Crippen molar-refractivity contribution in [1.29, 1.82) is 0 Å². The lowest BCUT2D eigenvalue weighted by molar-refractivity contribution is -0.150. The number of rotatable bonds is 7. The first-order valence-electron chi connectivity index (χ1n) is 16.4. The Labute approximate surface area is 275 Å². The van der Waals surface area contributed by atoms with Gasteiger partial charge in [-0.3, -0.25) is 19.3 Å². The van der Waals surface area contributed by atoms with Crippen LogP contribution in [0, 0.1) is 5.92 Å². The number of ether oxygens (including phenoxy) is 2. The van der Waals surface area contributed by atoms with Gasteiger partial charge in [0, 0.05) is 29.3 Å². The number of hydrogen-bond acceptors (Lipinski definition) is 7. The Hall–Kier alpha value is -4.03. The van der Waals surface area contributed by atoms with Crippen molar-refractivity contribution < 1.29 is 33.8 Å². The normalized spacial score (nSPS) is 27.0. The van der Waals surface area contributed by atoms with Crippen molar-refractivity contribution in [3.63, 3.8) is 0 Å². The van der Waals surface area contributed by atoms with Gasteiger partial charge < -0.3 is 29.2 Å². The molecule has 246 valence electrons. The van der Waals surface area contributed by atoms with E-state index in [0.29, 0.717) is 23.7 Å². The summed E-state index contributed by atoms with van der Waals surface area (Å²) in [6, 6.07) is 22.4. The van der Waals surface area contributed by atoms with Crippen LogP contribution in [0.4, 0.5) is 17.1 Å². The van der Waals surface area contributed by atoms with Crippen LogP contribution in [0.25, 0.3) is 0 Å². The zero-order valence-electron chi connectivity index (χ0n) is 27.0. The van der Waals surface area contributed by atoms with Gasteiger partial charge in [-0.1, -0.05) is 49.4 Å². The Bertz CT molecular complexity index is 1730. The molecule has 0 radical (unpaired) electrons. The topological polar surface area (TPSA) is 120 Å². The number of anilines is 3. The zero-order valence-corrected chi connectivity index (χ0v) is 28.0. The molecule has 0 unspecified atom stereocenters. The lowest BCUT2D eigenvalue weighted by Gasteiger charge is -2.33. The van der Waals surface area contributed by atoms with Crippen LogP contribution in [0.3, 0.4) is 0 Å². The Kier molecular flexibility index (Phi) is 7.98. The quantitative estimate of drug-likeness (QED) is 0.361. The average molecular weight is 656 g/mol. The van der Waals surface area contributed by atoms with Crippen LogP contribution in [0.1, 0.15) is 37.3 Å². The molecule has 3 amide bonds. The summed E-state index contributed by atoms with van der Waals surface area (Å²) in [5, 5.41) is 9.85. The van der Waals surface area contributed by atoms with Crippen LogP contribution in [0.15, 0.2) is 72.8 Å². The summed E-state index contributed by atoms with van der Waals surface area (Å²) < 4.78 is 12.5. The summed E-state index contributed by atoms with van der Waals surface area (Å²) in [5.41, 5.74) is 1.89. The molecule has 2 N–H and O–H groups in total. The molecule has 0 bridgehead atoms. The summed E-state index contributed by atoms with van der Waals surface area (Å²) in [6.07, 6.45) is 0.973. The maximum atomic E-state index is 14.8. The van der Waals surface area contributed by atoms with E-state index in [-0.39, 0.29) is 55.5 Å². The molecule has 3 aromatic carbocycles. The molecule has 4 heterocycles. The summed E-state index contributed by atoms with van der Waals surface area (Å²) in [6.45, 7) is 6.33. The predicted octanol–water partition coefficient (Wildman–Crippen LogP) is 4.46. The molecule has 2 saturated heterocycles. The van der Waals surface area contributed by atoms with E-state index in [1.807, 2.05) is 92.8 Å². The first kappa shape index (κ1) is 31.6. The third-order valence-electron chi connectivity index (χ3n) is 10.4. The van der Waals surface area contributed by atoms with Crippen LogP contribution < -0.4 is 14.5 Å². The van der Waals surface area contributed by atoms with Crippen molar-refractivity contribution in [3.05, 3.63) is 83.9 Å². The lowest BCUT2D eigenvalue weighted by atomic mass is 9.82. The third-order valence-corrected chi connectivity index (χ3v) is 12.9. The van der Waals surface area contributed by atoms with Crippen LogP contribution >= 0.6 is 0 Å². The maximum absolute atomic E-state index is 14.8. The summed E-state index contributed by atoms with van der Waals surface area (Å²) in [7, 11) is -2.95. The molecule has 47 heavy (non-hydrogen) atoms. The smallest absolute Gasteiger partial charge is 0.269 e. The van der Waals surface area contributed by atoms with Crippen molar-refractivity contribution in [2.24, 2.45) is 5.92 Å². The standard InChI is InChI=1S/C36H41N3O7Si/c1-23-34(47(2,3)44)31(19-32(41)37-17-9-12-26(37)21-40)46-36(23)27-13-4-5-14-28(27)38(35(36)43)20-24-10-8-11-25(18-24)39-29-15-6-7-16-30(29)45-22-33(39)42/h4-8,10-11,13-16,18,23,26,31,34,40,44H,9,12,17,19-22H2,1-3H3/t23-,26-,31+,34-,36+/m0/s1. The molecule has 0 saturated carbocycles. The van der Waals surface area contributed by atoms with Crippen LogP contribution in [-0.2, 0) is 31.3 Å². The number of fused-ring (bicyclic) bond motifs is 3. The molecular formula is C36H41N3O7Si. The zero-order chi connectivity index (χ0) is 33.1. The van der Waals surface area contributed by atoms with Gasteiger partial charge in [-0.15, -0.1) is 0 Å². The second-order valence-corrected chi connectivity index (χ2v) is 17.7. The molecule has 3 aromatic rings. The van der Waals surface area contributed by atoms with Gasteiger partial charge in [0.25, 0.3) is 11.8 Å². The van der Waals surface area contributed by atoms with Gasteiger partial charge in [-0.25, -0.2) is 0 Å². The van der Waals surface area contributed by atoms with Gasteiger partial charge in [-0.2, -0.15) is 0 Å². The van der Waals surface area contributed by atoms with Gasteiger partial charge in [0.2, 0.25) is 5.91 Å². The Balaban J connectivity index is 1.21. The number of aliphatic hydroxyl groups is 1. The van der Waals surface area contributed by atoms with Gasteiger partial charge in [0.15, 0.2) is 20.5 Å². The molecule has 0 aromatic heterocycles. The fourth-order valence-electron chi connectivity index (χ4n) is 8.39. The van der Waals surface area contributed by atoms with Crippen molar-refractivity contribution >= 4 is 43.1 Å². The molecule has 7 rings (SSSR count). The SMILES string of the molecule is C[C@H]1[C@H]([Si](C)(C)O)[C@@H](CC(=O)N2CCC[C@H]2CO)O[C@]12C(=O)N(Cc1cccc(N3C(=O)COc4ccccc43)c1)c1ccccc12. The molecule has 1 spiro atoms. The van der Waals surface area contributed by atoms with E-state index in [9.17, 15) is 24.3 Å². The van der Waals surface area contributed by atoms with Gasteiger partial charge in [0.05, 0.1) is 43.1 Å². The number of aliphatic hydroxyl groups excluding tert-OH is 1. The Morgan fingerprint density at radius 3 is 2.53 bits per heavy atom. The monoisotopic (exact) mass is 655 g/mol. The molecular weight excluding hydrogens is 614 g/mol. The highest BCUT2D eigenvalue weighted by molar-refractivity contribution is 6.71. The minimum atomic E-state index is -2.95. The number of carbonyl (C=O) groups is 3. The average Bonchev–Trinajstić information content (AvgIpc) is 3.71. The summed E-state index contributed by atoms with van der Waals surface area (Å²) in [4.78, 5) is 58.1. The van der Waals surface area contributed by atoms with E-state index in [0.717, 1.165) is 29.7 Å². The first-order chi connectivity index (χ1) is 22.5. The van der Waals surface area contributed by atoms with E-state index >= 15 is 0 Å². The lowest BCUT2D eigenvalue weighted by Crippen LogP contribution is -2.46. The number of nitrogens with zero attached hydrogens (tertiary/aromatic N) is 3. The summed E-state index contributed by atoms with van der Waals surface area (Å²) in [5.74, 6) is -0.295. The predicted molar refractivity (Wildman–Crippen MR) is 179 cm³/mol. The van der Waals surface area contributed by atoms with E-state index in [2.05, 4.69) is 0 Å². The number of likely N-dealkylation sites (tertiary alicyclic amines) is 1. The highest BCUT2D eigenvalue weighted by Crippen LogP contribution is 2.59. The number of benzene rings is 3. The van der Waals surface area contributed by atoms with Gasteiger partial charge in [0.1, 0.15) is 5.75 Å². The van der Waals surface area contributed by atoms with E-state index < -0.39 is 25.9 Å². The second-order valence-electron chi connectivity index (χ2n) is 13.7. The molecule has 0 aliphatic carbocycles. The third kappa shape index (κ3) is 5.16. The number of para-hydroxylation sites is 3. The first-order valence-corrected chi connectivity index (χ1v) is 19.4. The number of amides is 3. The maximum Gasteiger partial charge on any atom is 0.269 e. The van der Waals surface area contributed by atoms with Gasteiger partial charge >= 0.3 is 0 Å². The molecule has 2 fully saturated rings. The highest BCUT2D eigenvalue weighted by atomic mass is 28.4. The van der Waals surface area contributed by atoms with Gasteiger partial charge in [-0.05, 0) is 61.8 Å². The number of hydrogen-bond donors (Lipinski definition) is 2. The van der Waals surface area contributed by atoms with Crippen molar-refractivity contribution in [3.8, 4) is 5.75 Å². The molecule has 11 heteroatoms. The molecule has 5 atom stereocenters. The van der Waals surface area contributed by atoms with E-state index in [1.165, 1.54) is 0 Å². The fourth-order valence-corrected chi connectivity index (χ4v) is 10.9. The van der Waals surface area contributed by atoms with Crippen LogP contribution in [-0.4, -0.2) is 72.7 Å². The van der Waals surface area contributed by atoms with Crippen molar-refractivity contribution in [1.82, 2.24) is 4.90 Å². The summed E-state index contributed by atoms with van der Waals surface area (Å²) >= 11 is 0. The minimum absolute atomic E-state index is 0.0385. The van der Waals surface area contributed by atoms with Crippen molar-refractivity contribution in [2.75, 3.05) is 29.6 Å². The van der Waals surface area contributed by atoms with Crippen molar-refractivity contribution in [2.45, 2.75) is 69.1 Å². The van der Waals surface area contributed by atoms with E-state index in [1.54, 1.807) is 14.7 Å².